The van der Waals surface area contributed by atoms with E-state index in [-0.39, 0.29) is 6.10 Å². The zero-order chi connectivity index (χ0) is 24.9. The Morgan fingerprint density at radius 1 is 0.889 bits per heavy atom. The van der Waals surface area contributed by atoms with Crippen molar-refractivity contribution in [1.29, 1.82) is 0 Å². The van der Waals surface area contributed by atoms with E-state index >= 15 is 0 Å². The number of hydrogen-bond acceptors (Lipinski definition) is 5. The van der Waals surface area contributed by atoms with E-state index in [0.29, 0.717) is 23.5 Å². The third-order valence-electron chi connectivity index (χ3n) is 7.12. The number of nitrogens with zero attached hydrogens (tertiary/aromatic N) is 1. The second kappa shape index (κ2) is 10.9. The molecule has 5 rings (SSSR count). The van der Waals surface area contributed by atoms with E-state index in [1.807, 2.05) is 60.7 Å². The lowest BCUT2D eigenvalue weighted by Crippen LogP contribution is -2.33. The zero-order valence-electron chi connectivity index (χ0n) is 20.6. The van der Waals surface area contributed by atoms with Crippen LogP contribution in [-0.2, 0) is 0 Å². The second-order valence-corrected chi connectivity index (χ2v) is 9.47. The molecule has 0 bridgehead atoms. The molecule has 2 heterocycles. The van der Waals surface area contributed by atoms with Gasteiger partial charge in [0.25, 0.3) is 0 Å². The van der Waals surface area contributed by atoms with Crippen LogP contribution in [0.5, 0.6) is 11.5 Å². The molecule has 3 aromatic carbocycles. The van der Waals surface area contributed by atoms with Crippen LogP contribution in [0.25, 0.3) is 11.1 Å². The molecule has 5 nitrogen and oxygen atoms in total. The van der Waals surface area contributed by atoms with Crippen LogP contribution in [0.2, 0.25) is 0 Å². The SMILES string of the molecule is CC1=C(c2ccc(C=O)cc2)[C@H](c2ccc(OCCN3CCCCC3)cc2)Oc2cc(C=O)ccc21. The Labute approximate surface area is 212 Å². The van der Waals surface area contributed by atoms with Gasteiger partial charge in [0.1, 0.15) is 36.8 Å². The number of carbonyl (C=O) groups excluding carboxylic acids is 2. The first-order chi connectivity index (χ1) is 17.7. The normalized spacial score (nSPS) is 17.8. The number of hydrogen-bond donors (Lipinski definition) is 0. The lowest BCUT2D eigenvalue weighted by molar-refractivity contribution is 0.111. The quantitative estimate of drug-likeness (QED) is 0.357. The molecule has 0 radical (unpaired) electrons. The molecule has 1 fully saturated rings. The molecule has 0 unspecified atom stereocenters. The van der Waals surface area contributed by atoms with Crippen LogP contribution in [0.15, 0.2) is 66.7 Å². The van der Waals surface area contributed by atoms with Crippen molar-refractivity contribution in [3.8, 4) is 11.5 Å². The average Bonchev–Trinajstić information content (AvgIpc) is 2.94. The summed E-state index contributed by atoms with van der Waals surface area (Å²) in [6.07, 6.45) is 5.21. The van der Waals surface area contributed by atoms with E-state index in [9.17, 15) is 9.59 Å². The van der Waals surface area contributed by atoms with Gasteiger partial charge < -0.3 is 9.47 Å². The van der Waals surface area contributed by atoms with Crippen LogP contribution in [0, 0.1) is 0 Å². The van der Waals surface area contributed by atoms with Crippen molar-refractivity contribution < 1.29 is 19.1 Å². The Bertz CT molecular complexity index is 1250. The maximum atomic E-state index is 11.4. The number of likely N-dealkylation sites (tertiary alicyclic amines) is 1. The zero-order valence-corrected chi connectivity index (χ0v) is 20.6. The Morgan fingerprint density at radius 2 is 1.58 bits per heavy atom. The van der Waals surface area contributed by atoms with Gasteiger partial charge in [-0.15, -0.1) is 0 Å². The number of aldehydes is 2. The summed E-state index contributed by atoms with van der Waals surface area (Å²) < 4.78 is 12.6. The molecule has 0 aromatic heterocycles. The minimum absolute atomic E-state index is 0.358. The first-order valence-corrected chi connectivity index (χ1v) is 12.6. The van der Waals surface area contributed by atoms with Gasteiger partial charge in [-0.3, -0.25) is 14.5 Å². The van der Waals surface area contributed by atoms with Crippen molar-refractivity contribution in [3.63, 3.8) is 0 Å². The number of piperidine rings is 1. The first-order valence-electron chi connectivity index (χ1n) is 12.6. The van der Waals surface area contributed by atoms with Gasteiger partial charge in [-0.25, -0.2) is 0 Å². The first kappa shape index (κ1) is 24.0. The molecule has 1 saturated heterocycles. The Balaban J connectivity index is 1.41. The number of benzene rings is 3. The summed E-state index contributed by atoms with van der Waals surface area (Å²) in [5.74, 6) is 1.53. The molecule has 0 spiro atoms. The van der Waals surface area contributed by atoms with E-state index in [4.69, 9.17) is 9.47 Å². The van der Waals surface area contributed by atoms with Crippen LogP contribution >= 0.6 is 0 Å². The molecule has 1 atom stereocenters. The fourth-order valence-electron chi connectivity index (χ4n) is 5.11. The standard InChI is InChI=1S/C31H31NO4/c1-22-28-14-7-24(21-34)19-29(28)36-31(30(22)25-8-5-23(20-33)6-9-25)26-10-12-27(13-11-26)35-18-17-32-15-3-2-4-16-32/h5-14,19-21,31H,2-4,15-18H2,1H3/t31-/m0/s1. The third-order valence-corrected chi connectivity index (χ3v) is 7.12. The number of allylic oxidation sites excluding steroid dienone is 1. The van der Waals surface area contributed by atoms with Gasteiger partial charge in [-0.1, -0.05) is 55.0 Å². The van der Waals surface area contributed by atoms with E-state index in [0.717, 1.165) is 65.8 Å². The molecular formula is C31H31NO4. The van der Waals surface area contributed by atoms with Crippen molar-refractivity contribution in [1.82, 2.24) is 4.90 Å². The van der Waals surface area contributed by atoms with Crippen LogP contribution in [0.4, 0.5) is 0 Å². The van der Waals surface area contributed by atoms with Gasteiger partial charge in [-0.05, 0) is 67.8 Å². The maximum absolute atomic E-state index is 11.4. The second-order valence-electron chi connectivity index (χ2n) is 9.47. The fourth-order valence-corrected chi connectivity index (χ4v) is 5.11. The fraction of sp³-hybridized carbons (Fsp3) is 0.290. The highest BCUT2D eigenvalue weighted by molar-refractivity contribution is 5.96. The minimum Gasteiger partial charge on any atom is -0.492 e. The highest BCUT2D eigenvalue weighted by Gasteiger charge is 2.29. The average molecular weight is 482 g/mol. The van der Waals surface area contributed by atoms with Crippen LogP contribution in [0.3, 0.4) is 0 Å². The number of fused-ring (bicyclic) bond motifs is 1. The summed E-state index contributed by atoms with van der Waals surface area (Å²) in [6, 6.07) is 21.2. The van der Waals surface area contributed by atoms with Crippen molar-refractivity contribution in [2.45, 2.75) is 32.3 Å². The molecule has 5 heteroatoms. The number of ether oxygens (including phenoxy) is 2. The summed E-state index contributed by atoms with van der Waals surface area (Å²) in [7, 11) is 0. The molecule has 0 aliphatic carbocycles. The van der Waals surface area contributed by atoms with Crippen LogP contribution < -0.4 is 9.47 Å². The van der Waals surface area contributed by atoms with Crippen molar-refractivity contribution in [2.75, 3.05) is 26.2 Å². The van der Waals surface area contributed by atoms with Gasteiger partial charge in [0.15, 0.2) is 0 Å². The van der Waals surface area contributed by atoms with Crippen molar-refractivity contribution in [3.05, 3.63) is 94.5 Å². The van der Waals surface area contributed by atoms with Crippen molar-refractivity contribution >= 4 is 23.7 Å². The summed E-state index contributed by atoms with van der Waals surface area (Å²) in [6.45, 7) is 6.03. The summed E-state index contributed by atoms with van der Waals surface area (Å²) >= 11 is 0. The molecule has 0 amide bonds. The highest BCUT2D eigenvalue weighted by Crippen LogP contribution is 2.46. The monoisotopic (exact) mass is 481 g/mol. The van der Waals surface area contributed by atoms with Crippen LogP contribution in [0.1, 0.15) is 69.7 Å². The van der Waals surface area contributed by atoms with Gasteiger partial charge >= 0.3 is 0 Å². The highest BCUT2D eigenvalue weighted by atomic mass is 16.5. The van der Waals surface area contributed by atoms with Gasteiger partial charge in [0, 0.05) is 28.8 Å². The van der Waals surface area contributed by atoms with Crippen molar-refractivity contribution in [2.24, 2.45) is 0 Å². The summed E-state index contributed by atoms with van der Waals surface area (Å²) in [4.78, 5) is 25.0. The molecular weight excluding hydrogens is 450 g/mol. The molecule has 0 saturated carbocycles. The van der Waals surface area contributed by atoms with E-state index in [1.54, 1.807) is 6.07 Å². The Morgan fingerprint density at radius 3 is 2.28 bits per heavy atom. The Kier molecular flexibility index (Phi) is 7.28. The predicted octanol–water partition coefficient (Wildman–Crippen LogP) is 6.24. The number of rotatable bonds is 8. The van der Waals surface area contributed by atoms with Gasteiger partial charge in [-0.2, -0.15) is 0 Å². The molecule has 2 aliphatic rings. The summed E-state index contributed by atoms with van der Waals surface area (Å²) in [5, 5.41) is 0. The third kappa shape index (κ3) is 5.12. The molecule has 184 valence electrons. The lowest BCUT2D eigenvalue weighted by Gasteiger charge is -2.31. The van der Waals surface area contributed by atoms with Gasteiger partial charge in [0.2, 0.25) is 0 Å². The summed E-state index contributed by atoms with van der Waals surface area (Å²) in [5.41, 5.74) is 6.29. The predicted molar refractivity (Wildman–Crippen MR) is 142 cm³/mol. The minimum atomic E-state index is -0.358. The molecule has 36 heavy (non-hydrogen) atoms. The molecule has 3 aromatic rings. The van der Waals surface area contributed by atoms with E-state index < -0.39 is 0 Å². The Hall–Kier alpha value is -3.70. The maximum Gasteiger partial charge on any atom is 0.150 e. The molecule has 0 N–H and O–H groups in total. The van der Waals surface area contributed by atoms with E-state index in [2.05, 4.69) is 11.8 Å². The molecule has 2 aliphatic heterocycles. The lowest BCUT2D eigenvalue weighted by atomic mass is 9.85. The van der Waals surface area contributed by atoms with E-state index in [1.165, 1.54) is 19.3 Å². The smallest absolute Gasteiger partial charge is 0.150 e. The van der Waals surface area contributed by atoms with Gasteiger partial charge in [0.05, 0.1) is 0 Å². The largest absolute Gasteiger partial charge is 0.492 e. The van der Waals surface area contributed by atoms with Crippen LogP contribution in [-0.4, -0.2) is 43.7 Å². The topological polar surface area (TPSA) is 55.8 Å². The number of carbonyl (C=O) groups is 2.